The third-order valence-corrected chi connectivity index (χ3v) is 6.45. The van der Waals surface area contributed by atoms with E-state index in [0.29, 0.717) is 0 Å². The van der Waals surface area contributed by atoms with Gasteiger partial charge in [0.1, 0.15) is 11.3 Å². The molecule has 4 nitrogen and oxygen atoms in total. The van der Waals surface area contributed by atoms with Crippen LogP contribution in [0.4, 0.5) is 17.1 Å². The summed E-state index contributed by atoms with van der Waals surface area (Å²) < 4.78 is 10.3. The molecule has 0 saturated heterocycles. The van der Waals surface area contributed by atoms with Crippen molar-refractivity contribution < 1.29 is 29.1 Å². The van der Waals surface area contributed by atoms with Crippen molar-refractivity contribution in [1.29, 1.82) is 0 Å². The van der Waals surface area contributed by atoms with Crippen LogP contribution in [-0.2, 0) is 20.1 Å². The maximum atomic E-state index is 6.06. The Morgan fingerprint density at radius 2 is 1.55 bits per heavy atom. The summed E-state index contributed by atoms with van der Waals surface area (Å²) in [6.07, 6.45) is 1.79. The van der Waals surface area contributed by atoms with Gasteiger partial charge in [0.05, 0.1) is 0 Å². The van der Waals surface area contributed by atoms with E-state index in [1.165, 1.54) is 5.69 Å². The number of fused-ring (bicyclic) bond motifs is 4. The van der Waals surface area contributed by atoms with Gasteiger partial charge >= 0.3 is 6.01 Å². The Labute approximate surface area is 248 Å². The molecule has 0 amide bonds. The van der Waals surface area contributed by atoms with Gasteiger partial charge in [0.15, 0.2) is 6.54 Å². The second-order valence-electron chi connectivity index (χ2n) is 10.8. The first-order valence-corrected chi connectivity index (χ1v) is 13.1. The third kappa shape index (κ3) is 5.73. The van der Waals surface area contributed by atoms with Gasteiger partial charge in [-0.1, -0.05) is 83.8 Å². The molecule has 1 aliphatic heterocycles. The quantitative estimate of drug-likeness (QED) is 0.137. The normalized spacial score (nSPS) is 12.2. The van der Waals surface area contributed by atoms with Gasteiger partial charge in [-0.15, -0.1) is 42.0 Å². The molecule has 5 heteroatoms. The SMILES string of the molecule is CC(C)(C)C[N+]1=C=[N+](c2[c-]cc3c(c2)oc2ccccc23)c2ccccc21.[Ir].[c-]1ccccc1-c1ccccn1. The van der Waals surface area contributed by atoms with Gasteiger partial charge in [-0.05, 0) is 23.2 Å². The zero-order chi connectivity index (χ0) is 26.8. The fraction of sp³-hybridized carbons (Fsp3) is 0.143. The third-order valence-electron chi connectivity index (χ3n) is 6.45. The molecule has 0 fully saturated rings. The van der Waals surface area contributed by atoms with Crippen molar-refractivity contribution in [2.45, 2.75) is 20.8 Å². The van der Waals surface area contributed by atoms with Crippen molar-refractivity contribution in [1.82, 2.24) is 9.56 Å². The number of pyridine rings is 1. The zero-order valence-corrected chi connectivity index (χ0v) is 25.1. The molecular formula is C35H29IrN3O. The van der Waals surface area contributed by atoms with Crippen LogP contribution in [0, 0.1) is 17.5 Å². The van der Waals surface area contributed by atoms with Gasteiger partial charge in [0, 0.05) is 49.4 Å². The van der Waals surface area contributed by atoms with E-state index in [0.717, 1.165) is 51.1 Å². The van der Waals surface area contributed by atoms with Crippen molar-refractivity contribution in [3.05, 3.63) is 121 Å². The first-order valence-electron chi connectivity index (χ1n) is 13.1. The largest absolute Gasteiger partial charge is 0.494 e. The molecule has 40 heavy (non-hydrogen) atoms. The topological polar surface area (TPSA) is 32.0 Å². The minimum absolute atomic E-state index is 0. The van der Waals surface area contributed by atoms with E-state index in [2.05, 4.69) is 89.4 Å². The van der Waals surface area contributed by atoms with Gasteiger partial charge < -0.3 is 9.40 Å². The fourth-order valence-corrected chi connectivity index (χ4v) is 4.74. The molecule has 0 spiro atoms. The van der Waals surface area contributed by atoms with Crippen LogP contribution in [-0.4, -0.2) is 22.1 Å². The minimum Gasteiger partial charge on any atom is -0.483 e. The second kappa shape index (κ2) is 11.5. The number of rotatable bonds is 3. The Morgan fingerprint density at radius 1 is 0.800 bits per heavy atom. The van der Waals surface area contributed by atoms with Crippen LogP contribution < -0.4 is 4.58 Å². The van der Waals surface area contributed by atoms with Gasteiger partial charge in [0.2, 0.25) is 0 Å². The molecule has 0 bridgehead atoms. The minimum atomic E-state index is 0. The summed E-state index contributed by atoms with van der Waals surface area (Å²) in [5.74, 6) is 0. The number of benzene rings is 4. The van der Waals surface area contributed by atoms with E-state index in [1.54, 1.807) is 6.20 Å². The molecule has 1 aliphatic rings. The van der Waals surface area contributed by atoms with Crippen molar-refractivity contribution in [3.8, 4) is 11.3 Å². The number of aromatic nitrogens is 1. The van der Waals surface area contributed by atoms with Gasteiger partial charge in [-0.3, -0.25) is 0 Å². The number of para-hydroxylation sites is 3. The van der Waals surface area contributed by atoms with E-state index in [-0.39, 0.29) is 25.5 Å². The number of hydrogen-bond donors (Lipinski definition) is 0. The molecule has 1 radical (unpaired) electrons. The summed E-state index contributed by atoms with van der Waals surface area (Å²) in [5.41, 5.74) is 7.18. The second-order valence-corrected chi connectivity index (χ2v) is 10.8. The first kappa shape index (κ1) is 27.4. The molecule has 199 valence electrons. The van der Waals surface area contributed by atoms with Crippen LogP contribution in [0.2, 0.25) is 0 Å². The Kier molecular flexibility index (Phi) is 7.91. The van der Waals surface area contributed by atoms with Crippen LogP contribution in [0.5, 0.6) is 0 Å². The predicted octanol–water partition coefficient (Wildman–Crippen LogP) is 8.64. The molecule has 0 atom stereocenters. The number of hydrogen-bond acceptors (Lipinski definition) is 2. The standard InChI is InChI=1S/C24H21N2O.C11H8N.Ir/c1-24(2,3)15-25-16-26(21-10-6-5-9-20(21)25)17-12-13-19-18-8-4-7-11-22(18)27-23(19)14-17;1-2-6-10(7-3-1)11-8-4-5-9-12-11;/h4-11,13-14H,15H2,1-3H3;1-6,8-9H;/q+1;-1;. The van der Waals surface area contributed by atoms with E-state index in [4.69, 9.17) is 4.42 Å². The van der Waals surface area contributed by atoms with Gasteiger partial charge in [-0.25, -0.2) is 0 Å². The summed E-state index contributed by atoms with van der Waals surface area (Å²) in [5, 5.41) is 2.22. The number of furan rings is 1. The van der Waals surface area contributed by atoms with Crippen molar-refractivity contribution in [2.24, 2.45) is 5.41 Å². The smallest absolute Gasteiger partial charge is 0.483 e. The molecule has 0 aliphatic carbocycles. The molecule has 0 unspecified atom stereocenters. The molecule has 2 aromatic heterocycles. The predicted molar refractivity (Wildman–Crippen MR) is 158 cm³/mol. The van der Waals surface area contributed by atoms with E-state index < -0.39 is 0 Å². The van der Waals surface area contributed by atoms with Crippen molar-refractivity contribution >= 4 is 45.0 Å². The maximum Gasteiger partial charge on any atom is 0.494 e. The molecule has 4 aromatic carbocycles. The molecular weight excluding hydrogens is 671 g/mol. The van der Waals surface area contributed by atoms with E-state index in [1.807, 2.05) is 66.7 Å². The first-order chi connectivity index (χ1) is 19.0. The van der Waals surface area contributed by atoms with Gasteiger partial charge in [-0.2, -0.15) is 6.07 Å². The van der Waals surface area contributed by atoms with Crippen LogP contribution in [0.3, 0.4) is 0 Å². The van der Waals surface area contributed by atoms with Crippen LogP contribution >= 0.6 is 0 Å². The van der Waals surface area contributed by atoms with E-state index >= 15 is 0 Å². The molecule has 6 aromatic rings. The Bertz CT molecular complexity index is 1810. The molecule has 3 heterocycles. The zero-order valence-electron chi connectivity index (χ0n) is 22.7. The van der Waals surface area contributed by atoms with Crippen LogP contribution in [0.25, 0.3) is 33.2 Å². The Morgan fingerprint density at radius 3 is 2.30 bits per heavy atom. The summed E-state index contributed by atoms with van der Waals surface area (Å²) >= 11 is 0. The Balaban J connectivity index is 0.000000209. The van der Waals surface area contributed by atoms with Gasteiger partial charge in [0.25, 0.3) is 11.4 Å². The fourth-order valence-electron chi connectivity index (χ4n) is 4.74. The summed E-state index contributed by atoms with van der Waals surface area (Å²) in [7, 11) is 0. The molecule has 7 rings (SSSR count). The molecule has 0 saturated carbocycles. The number of nitrogens with zero attached hydrogens (tertiary/aromatic N) is 3. The van der Waals surface area contributed by atoms with Crippen LogP contribution in [0.1, 0.15) is 20.8 Å². The van der Waals surface area contributed by atoms with Crippen molar-refractivity contribution in [2.75, 3.05) is 6.54 Å². The average molecular weight is 700 g/mol. The summed E-state index contributed by atoms with van der Waals surface area (Å²) in [6, 6.07) is 44.4. The maximum absolute atomic E-state index is 6.06. The summed E-state index contributed by atoms with van der Waals surface area (Å²) in [4.78, 5) is 4.22. The van der Waals surface area contributed by atoms with Crippen LogP contribution in [0.15, 0.2) is 114 Å². The average Bonchev–Trinajstić information content (AvgIpc) is 3.51. The monoisotopic (exact) mass is 700 g/mol. The van der Waals surface area contributed by atoms with Crippen molar-refractivity contribution in [3.63, 3.8) is 0 Å². The molecule has 0 N–H and O–H groups in total. The van der Waals surface area contributed by atoms with E-state index in [9.17, 15) is 0 Å². The Hall–Kier alpha value is -4.14. The summed E-state index contributed by atoms with van der Waals surface area (Å²) in [6.45, 7) is 7.62.